The molecule has 3 aromatic rings. The number of para-hydroxylation sites is 1. The van der Waals surface area contributed by atoms with E-state index < -0.39 is 0 Å². The minimum absolute atomic E-state index is 0.0848. The number of benzene rings is 2. The summed E-state index contributed by atoms with van der Waals surface area (Å²) in [5.74, 6) is -0.261. The maximum absolute atomic E-state index is 12.1. The lowest BCUT2D eigenvalue weighted by molar-refractivity contribution is -0.117. The lowest BCUT2D eigenvalue weighted by Gasteiger charge is -2.03. The zero-order valence-corrected chi connectivity index (χ0v) is 12.0. The Morgan fingerprint density at radius 1 is 0.818 bits per heavy atom. The maximum Gasteiger partial charge on any atom is 0.170 e. The summed E-state index contributed by atoms with van der Waals surface area (Å²) in [6.07, 6.45) is 0.0991. The number of aromatic nitrogens is 1. The van der Waals surface area contributed by atoms with E-state index in [4.69, 9.17) is 0 Å². The minimum Gasteiger partial charge on any atom is -0.299 e. The van der Waals surface area contributed by atoms with Crippen molar-refractivity contribution in [1.82, 2.24) is 4.98 Å². The van der Waals surface area contributed by atoms with Crippen LogP contribution in [0.2, 0.25) is 0 Å². The summed E-state index contributed by atoms with van der Waals surface area (Å²) in [5, 5.41) is 1.04. The first kappa shape index (κ1) is 14.1. The van der Waals surface area contributed by atoms with Crippen LogP contribution in [0.5, 0.6) is 0 Å². The lowest BCUT2D eigenvalue weighted by atomic mass is 10.0. The van der Waals surface area contributed by atoms with E-state index in [-0.39, 0.29) is 24.4 Å². The normalized spacial score (nSPS) is 10.5. The molecule has 0 radical (unpaired) electrons. The van der Waals surface area contributed by atoms with Crippen LogP contribution in [0.3, 0.4) is 0 Å². The lowest BCUT2D eigenvalue weighted by Crippen LogP contribution is -2.11. The van der Waals surface area contributed by atoms with Gasteiger partial charge in [-0.05, 0) is 12.1 Å². The quantitative estimate of drug-likeness (QED) is 0.532. The van der Waals surface area contributed by atoms with E-state index in [2.05, 4.69) is 4.98 Å². The van der Waals surface area contributed by atoms with Crippen LogP contribution in [0.1, 0.15) is 22.5 Å². The van der Waals surface area contributed by atoms with Crippen molar-refractivity contribution in [3.05, 3.63) is 78.0 Å². The second kappa shape index (κ2) is 6.31. The summed E-state index contributed by atoms with van der Waals surface area (Å²) in [6, 6.07) is 20.4. The van der Waals surface area contributed by atoms with Crippen molar-refractivity contribution in [2.45, 2.75) is 12.8 Å². The van der Waals surface area contributed by atoms with Gasteiger partial charge in [0.15, 0.2) is 5.78 Å². The SMILES string of the molecule is O=C(CC(=O)c1ccccc1)Cc1ccc2ccccc2n1. The maximum atomic E-state index is 12.1. The Hall–Kier alpha value is -2.81. The molecule has 0 aliphatic heterocycles. The molecule has 1 heterocycles. The van der Waals surface area contributed by atoms with Crippen LogP contribution in [0, 0.1) is 0 Å². The predicted molar refractivity (Wildman–Crippen MR) is 85.8 cm³/mol. The zero-order valence-electron chi connectivity index (χ0n) is 12.0. The highest BCUT2D eigenvalue weighted by atomic mass is 16.1. The molecule has 3 rings (SSSR count). The van der Waals surface area contributed by atoms with E-state index in [0.29, 0.717) is 11.3 Å². The highest BCUT2D eigenvalue weighted by Crippen LogP contribution is 2.13. The number of fused-ring (bicyclic) bond motifs is 1. The summed E-state index contributed by atoms with van der Waals surface area (Å²) in [6.45, 7) is 0. The molecule has 2 aromatic carbocycles. The van der Waals surface area contributed by atoms with Crippen LogP contribution in [0.15, 0.2) is 66.7 Å². The largest absolute Gasteiger partial charge is 0.299 e. The second-order valence-corrected chi connectivity index (χ2v) is 5.18. The molecule has 3 nitrogen and oxygen atoms in total. The smallest absolute Gasteiger partial charge is 0.170 e. The van der Waals surface area contributed by atoms with Gasteiger partial charge in [-0.25, -0.2) is 0 Å². The summed E-state index contributed by atoms with van der Waals surface area (Å²) in [4.78, 5) is 28.6. The molecule has 0 N–H and O–H groups in total. The van der Waals surface area contributed by atoms with Gasteiger partial charge in [-0.1, -0.05) is 54.6 Å². The van der Waals surface area contributed by atoms with Gasteiger partial charge in [0.25, 0.3) is 0 Å². The highest BCUT2D eigenvalue weighted by molar-refractivity contribution is 6.08. The fourth-order valence-corrected chi connectivity index (χ4v) is 2.38. The first-order valence-corrected chi connectivity index (χ1v) is 7.17. The zero-order chi connectivity index (χ0) is 15.4. The van der Waals surface area contributed by atoms with Gasteiger partial charge in [-0.2, -0.15) is 0 Å². The van der Waals surface area contributed by atoms with E-state index >= 15 is 0 Å². The third-order valence-corrected chi connectivity index (χ3v) is 3.49. The standard InChI is InChI=1S/C19H15NO2/c21-17(13-19(22)15-7-2-1-3-8-15)12-16-11-10-14-6-4-5-9-18(14)20-16/h1-11H,12-13H2. The monoisotopic (exact) mass is 289 g/mol. The molecule has 0 aliphatic carbocycles. The Bertz CT molecular complexity index is 825. The number of carbonyl (C=O) groups is 2. The summed E-state index contributed by atoms with van der Waals surface area (Å²) >= 11 is 0. The van der Waals surface area contributed by atoms with E-state index in [9.17, 15) is 9.59 Å². The topological polar surface area (TPSA) is 47.0 Å². The molecule has 0 saturated heterocycles. The van der Waals surface area contributed by atoms with E-state index in [1.165, 1.54) is 0 Å². The van der Waals surface area contributed by atoms with Gasteiger partial charge >= 0.3 is 0 Å². The molecule has 0 spiro atoms. The van der Waals surface area contributed by atoms with Crippen molar-refractivity contribution >= 4 is 22.5 Å². The van der Waals surface area contributed by atoms with E-state index in [0.717, 1.165) is 10.9 Å². The van der Waals surface area contributed by atoms with Crippen molar-refractivity contribution in [3.8, 4) is 0 Å². The van der Waals surface area contributed by atoms with Gasteiger partial charge < -0.3 is 0 Å². The molecule has 3 heteroatoms. The first-order valence-electron chi connectivity index (χ1n) is 7.17. The third kappa shape index (κ3) is 3.26. The molecule has 22 heavy (non-hydrogen) atoms. The Morgan fingerprint density at radius 3 is 2.36 bits per heavy atom. The summed E-state index contributed by atoms with van der Waals surface area (Å²) < 4.78 is 0. The molecular weight excluding hydrogens is 274 g/mol. The molecule has 0 amide bonds. The molecule has 108 valence electrons. The van der Waals surface area contributed by atoms with Gasteiger partial charge in [0, 0.05) is 23.1 Å². The number of rotatable bonds is 5. The van der Waals surface area contributed by atoms with Gasteiger partial charge in [-0.3, -0.25) is 14.6 Å². The fourth-order valence-electron chi connectivity index (χ4n) is 2.38. The second-order valence-electron chi connectivity index (χ2n) is 5.18. The number of hydrogen-bond acceptors (Lipinski definition) is 3. The fraction of sp³-hybridized carbons (Fsp3) is 0.105. The van der Waals surface area contributed by atoms with Crippen molar-refractivity contribution in [1.29, 1.82) is 0 Å². The Kier molecular flexibility index (Phi) is 4.05. The van der Waals surface area contributed by atoms with Crippen LogP contribution in [-0.4, -0.2) is 16.6 Å². The van der Waals surface area contributed by atoms with Crippen LogP contribution in [0.25, 0.3) is 10.9 Å². The molecule has 0 atom stereocenters. The number of ketones is 2. The van der Waals surface area contributed by atoms with Crippen molar-refractivity contribution < 1.29 is 9.59 Å². The Balaban J connectivity index is 1.69. The predicted octanol–water partition coefficient (Wildman–Crippen LogP) is 3.62. The van der Waals surface area contributed by atoms with Crippen molar-refractivity contribution in [2.24, 2.45) is 0 Å². The molecule has 0 unspecified atom stereocenters. The molecule has 1 aromatic heterocycles. The van der Waals surface area contributed by atoms with Gasteiger partial charge in [0.1, 0.15) is 5.78 Å². The first-order chi connectivity index (χ1) is 10.7. The molecule has 0 bridgehead atoms. The molecule has 0 aliphatic rings. The third-order valence-electron chi connectivity index (χ3n) is 3.49. The molecular formula is C19H15NO2. The van der Waals surface area contributed by atoms with Crippen LogP contribution in [0.4, 0.5) is 0 Å². The molecule has 0 saturated carbocycles. The Morgan fingerprint density at radius 2 is 1.55 bits per heavy atom. The summed E-state index contributed by atoms with van der Waals surface area (Å²) in [5.41, 5.74) is 2.13. The van der Waals surface area contributed by atoms with E-state index in [1.807, 2.05) is 42.5 Å². The van der Waals surface area contributed by atoms with E-state index in [1.54, 1.807) is 24.3 Å². The van der Waals surface area contributed by atoms with Crippen molar-refractivity contribution in [2.75, 3.05) is 0 Å². The van der Waals surface area contributed by atoms with Gasteiger partial charge in [0.2, 0.25) is 0 Å². The minimum atomic E-state index is -0.147. The van der Waals surface area contributed by atoms with Crippen LogP contribution < -0.4 is 0 Å². The van der Waals surface area contributed by atoms with Crippen LogP contribution >= 0.6 is 0 Å². The van der Waals surface area contributed by atoms with Gasteiger partial charge in [-0.15, -0.1) is 0 Å². The number of pyridine rings is 1. The highest BCUT2D eigenvalue weighted by Gasteiger charge is 2.12. The Labute approximate surface area is 128 Å². The van der Waals surface area contributed by atoms with Crippen LogP contribution in [-0.2, 0) is 11.2 Å². The average Bonchev–Trinajstić information content (AvgIpc) is 2.55. The number of hydrogen-bond donors (Lipinski definition) is 0. The summed E-state index contributed by atoms with van der Waals surface area (Å²) in [7, 11) is 0. The molecule has 0 fully saturated rings. The van der Waals surface area contributed by atoms with Gasteiger partial charge in [0.05, 0.1) is 11.9 Å². The number of carbonyl (C=O) groups excluding carboxylic acids is 2. The van der Waals surface area contributed by atoms with Crippen molar-refractivity contribution in [3.63, 3.8) is 0 Å². The number of nitrogens with zero attached hydrogens (tertiary/aromatic N) is 1. The average molecular weight is 289 g/mol. The number of Topliss-reactive ketones (excluding diaryl/α,β-unsaturated/α-hetero) is 2.